The number of β-amino-alcohol motifs (C(OH)–C–C–N with tert-alkyl or cyclic N) is 1. The number of hydrogen-bond acceptors (Lipinski definition) is 12. The van der Waals surface area contributed by atoms with E-state index in [1.807, 2.05) is 76.5 Å². The van der Waals surface area contributed by atoms with E-state index in [-0.39, 0.29) is 49.2 Å². The van der Waals surface area contributed by atoms with E-state index in [1.54, 1.807) is 55.0 Å². The molecule has 2 saturated heterocycles. The molecule has 5 N–H and O–H groups in total. The summed E-state index contributed by atoms with van der Waals surface area (Å²) in [7, 11) is 1.55. The minimum absolute atomic E-state index is 0.0197. The first-order chi connectivity index (χ1) is 30.2. The van der Waals surface area contributed by atoms with E-state index < -0.39 is 35.4 Å². The van der Waals surface area contributed by atoms with E-state index in [2.05, 4.69) is 41.0 Å². The average Bonchev–Trinajstić information content (AvgIpc) is 4.07. The lowest BCUT2D eigenvalue weighted by atomic mass is 9.85. The second-order valence-corrected chi connectivity index (χ2v) is 18.0. The number of carbonyl (C=O) groups is 4. The Morgan fingerprint density at radius 1 is 1.02 bits per heavy atom. The van der Waals surface area contributed by atoms with Crippen LogP contribution >= 0.6 is 11.3 Å². The van der Waals surface area contributed by atoms with E-state index in [0.717, 1.165) is 27.4 Å². The van der Waals surface area contributed by atoms with Gasteiger partial charge in [0.25, 0.3) is 5.91 Å². The molecule has 2 aliphatic rings. The highest BCUT2D eigenvalue weighted by Gasteiger charge is 2.45. The van der Waals surface area contributed by atoms with Crippen LogP contribution in [-0.4, -0.2) is 111 Å². The van der Waals surface area contributed by atoms with Crippen molar-refractivity contribution in [3.63, 3.8) is 0 Å². The number of piperidine rings is 1. The molecule has 16 nitrogen and oxygen atoms in total. The summed E-state index contributed by atoms with van der Waals surface area (Å²) in [5.74, 6) is -1.13. The number of pyridine rings is 1. The maximum atomic E-state index is 14.2. The number of benzene rings is 2. The molecule has 2 fully saturated rings. The highest BCUT2D eigenvalue weighted by Crippen LogP contribution is 2.33. The Hall–Kier alpha value is -6.17. The lowest BCUT2D eigenvalue weighted by Crippen LogP contribution is -2.58. The molecule has 0 bridgehead atoms. The van der Waals surface area contributed by atoms with E-state index in [0.29, 0.717) is 48.8 Å². The fraction of sp³-hybridized carbons (Fsp3) is 0.413. The first kappa shape index (κ1) is 44.9. The van der Waals surface area contributed by atoms with Gasteiger partial charge in [-0.1, -0.05) is 51.1 Å². The Morgan fingerprint density at radius 2 is 1.78 bits per heavy atom. The van der Waals surface area contributed by atoms with Crippen molar-refractivity contribution in [1.29, 1.82) is 0 Å². The molecule has 0 unspecified atom stereocenters. The predicted molar refractivity (Wildman–Crippen MR) is 240 cm³/mol. The molecule has 0 aliphatic carbocycles. The van der Waals surface area contributed by atoms with Gasteiger partial charge in [-0.15, -0.1) is 11.3 Å². The van der Waals surface area contributed by atoms with Gasteiger partial charge in [-0.3, -0.25) is 24.3 Å². The first-order valence-corrected chi connectivity index (χ1v) is 22.0. The number of thiazole rings is 1. The van der Waals surface area contributed by atoms with Crippen LogP contribution in [0.2, 0.25) is 0 Å². The normalized spacial score (nSPS) is 17.8. The van der Waals surface area contributed by atoms with Crippen molar-refractivity contribution in [2.75, 3.05) is 43.6 Å². The number of nitrogens with one attached hydrogen (secondary N) is 4. The Bertz CT molecular complexity index is 2390. The van der Waals surface area contributed by atoms with Gasteiger partial charge in [0.2, 0.25) is 17.7 Å². The molecule has 63 heavy (non-hydrogen) atoms. The summed E-state index contributed by atoms with van der Waals surface area (Å²) in [4.78, 5) is 67.9. The van der Waals surface area contributed by atoms with Gasteiger partial charge >= 0.3 is 0 Å². The minimum Gasteiger partial charge on any atom is -0.494 e. The fourth-order valence-electron chi connectivity index (χ4n) is 7.97. The van der Waals surface area contributed by atoms with Crippen LogP contribution in [0.15, 0.2) is 78.4 Å². The number of aromatic nitrogens is 4. The van der Waals surface area contributed by atoms with Gasteiger partial charge in [0.1, 0.15) is 30.1 Å². The summed E-state index contributed by atoms with van der Waals surface area (Å²) >= 11 is 1.57. The molecule has 7 rings (SSSR count). The third-order valence-corrected chi connectivity index (χ3v) is 12.5. The Kier molecular flexibility index (Phi) is 13.9. The number of nitrogens with zero attached hydrogens (tertiary/aromatic N) is 5. The van der Waals surface area contributed by atoms with Crippen LogP contribution < -0.4 is 25.6 Å². The minimum atomic E-state index is -0.970. The zero-order valence-corrected chi connectivity index (χ0v) is 37.2. The third-order valence-electron chi connectivity index (χ3n) is 11.5. The summed E-state index contributed by atoms with van der Waals surface area (Å²) in [6.07, 6.45) is 1.96. The molecule has 5 heterocycles. The lowest BCUT2D eigenvalue weighted by Gasteiger charge is -2.36. The van der Waals surface area contributed by atoms with Gasteiger partial charge in [0.05, 0.1) is 58.5 Å². The number of amides is 4. The van der Waals surface area contributed by atoms with Crippen molar-refractivity contribution in [3.8, 4) is 27.6 Å². The van der Waals surface area contributed by atoms with E-state index in [4.69, 9.17) is 9.47 Å². The molecule has 5 aromatic rings. The molecule has 332 valence electrons. The largest absolute Gasteiger partial charge is 0.494 e. The van der Waals surface area contributed by atoms with E-state index in [1.165, 1.54) is 4.90 Å². The molecule has 0 spiro atoms. The molecule has 17 heteroatoms. The fourth-order valence-corrected chi connectivity index (χ4v) is 8.78. The van der Waals surface area contributed by atoms with E-state index >= 15 is 0 Å². The summed E-state index contributed by atoms with van der Waals surface area (Å²) in [5.41, 5.74) is 6.99. The van der Waals surface area contributed by atoms with Gasteiger partial charge in [0.15, 0.2) is 0 Å². The standard InChI is InChI=1S/C46H55N9O7S/c1-27(29-10-12-30(13-11-29)41-28(2)47-26-63-41)49-44(59)38-23-32(56)24-55(38)45(60)42(46(3,4)5)52-40(57)25-62-33-17-20-54(21-18-33)31-14-15-36(39(22-31)61-6)51-43(58)37-9-7-8-34(50-37)35-16-19-48-53-35/h7-16,19,22,26-27,32-33,38,42,56H,17-18,20-21,23-25H2,1-6H3,(H,48,53)(H,49,59)(H,51,58)(H,52,57)/t27-,32+,38-,42+/m0/s1. The molecule has 0 radical (unpaired) electrons. The van der Waals surface area contributed by atoms with E-state index in [9.17, 15) is 24.3 Å². The monoisotopic (exact) mass is 877 g/mol. The number of rotatable bonds is 14. The van der Waals surface area contributed by atoms with Gasteiger partial charge in [-0.25, -0.2) is 9.97 Å². The maximum Gasteiger partial charge on any atom is 0.274 e. The topological polar surface area (TPSA) is 204 Å². The number of aromatic amines is 1. The number of methoxy groups -OCH3 is 1. The zero-order chi connectivity index (χ0) is 44.8. The summed E-state index contributed by atoms with van der Waals surface area (Å²) in [6, 6.07) is 18.3. The quantitative estimate of drug-likeness (QED) is 0.0940. The summed E-state index contributed by atoms with van der Waals surface area (Å²) in [5, 5.41) is 26.3. The second-order valence-electron chi connectivity index (χ2n) is 17.1. The number of carbonyl (C=O) groups excluding carboxylic acids is 4. The van der Waals surface area contributed by atoms with Crippen LogP contribution in [-0.2, 0) is 19.1 Å². The van der Waals surface area contributed by atoms with Crippen LogP contribution in [0.25, 0.3) is 21.8 Å². The number of aliphatic hydroxyl groups is 1. The zero-order valence-electron chi connectivity index (χ0n) is 36.4. The van der Waals surface area contributed by atoms with Gasteiger partial charge < -0.3 is 40.3 Å². The molecule has 4 atom stereocenters. The predicted octanol–water partition coefficient (Wildman–Crippen LogP) is 5.52. The molecule has 3 aromatic heterocycles. The Morgan fingerprint density at radius 3 is 2.44 bits per heavy atom. The smallest absolute Gasteiger partial charge is 0.274 e. The number of aliphatic hydroxyl groups excluding tert-OH is 1. The molecular formula is C46H55N9O7S. The van der Waals surface area contributed by atoms with Crippen LogP contribution in [0.3, 0.4) is 0 Å². The van der Waals surface area contributed by atoms with Crippen LogP contribution in [0, 0.1) is 12.3 Å². The number of anilines is 2. The number of aryl methyl sites for hydroxylation is 1. The molecular weight excluding hydrogens is 823 g/mol. The highest BCUT2D eigenvalue weighted by atomic mass is 32.1. The number of H-pyrrole nitrogens is 1. The SMILES string of the molecule is COc1cc(N2CCC(OCC(=O)N[C@H](C(=O)N3C[C@H](O)C[C@H]3C(=O)N[C@@H](C)c3ccc(-c4scnc4C)cc3)C(C)(C)C)CC2)ccc1NC(=O)c1cccc(-c2ccn[nH]2)n1. The van der Waals surface area contributed by atoms with Crippen LogP contribution in [0.5, 0.6) is 5.75 Å². The summed E-state index contributed by atoms with van der Waals surface area (Å²) in [6.45, 7) is 10.5. The third kappa shape index (κ3) is 10.7. The lowest BCUT2D eigenvalue weighted by molar-refractivity contribution is -0.145. The number of ether oxygens (including phenoxy) is 2. The van der Waals surface area contributed by atoms with Crippen LogP contribution in [0.4, 0.5) is 11.4 Å². The van der Waals surface area contributed by atoms with Crippen molar-refractivity contribution >= 4 is 46.3 Å². The summed E-state index contributed by atoms with van der Waals surface area (Å²) < 4.78 is 11.7. The Balaban J connectivity index is 0.897. The van der Waals surface area contributed by atoms with Crippen molar-refractivity contribution in [3.05, 3.63) is 95.4 Å². The van der Waals surface area contributed by atoms with Gasteiger partial charge in [-0.05, 0) is 73.6 Å². The van der Waals surface area contributed by atoms with Crippen molar-refractivity contribution in [2.45, 2.75) is 84.2 Å². The number of likely N-dealkylation sites (tertiary alicyclic amines) is 1. The van der Waals surface area contributed by atoms with Gasteiger partial charge in [0, 0.05) is 44.0 Å². The van der Waals surface area contributed by atoms with Crippen LogP contribution in [0.1, 0.15) is 74.7 Å². The van der Waals surface area contributed by atoms with Crippen molar-refractivity contribution in [1.82, 2.24) is 35.7 Å². The number of hydrogen-bond donors (Lipinski definition) is 5. The maximum absolute atomic E-state index is 14.2. The second kappa shape index (κ2) is 19.5. The Labute approximate surface area is 370 Å². The molecule has 2 aliphatic heterocycles. The van der Waals surface area contributed by atoms with Gasteiger partial charge in [-0.2, -0.15) is 5.10 Å². The van der Waals surface area contributed by atoms with Crippen molar-refractivity contribution in [2.24, 2.45) is 5.41 Å². The molecule has 0 saturated carbocycles. The highest BCUT2D eigenvalue weighted by molar-refractivity contribution is 7.13. The van der Waals surface area contributed by atoms with Crippen molar-refractivity contribution < 1.29 is 33.8 Å². The first-order valence-electron chi connectivity index (χ1n) is 21.1. The molecule has 4 amide bonds. The molecule has 2 aromatic carbocycles. The average molecular weight is 878 g/mol.